The Morgan fingerprint density at radius 1 is 1.00 bits per heavy atom. The summed E-state index contributed by atoms with van der Waals surface area (Å²) in [6.07, 6.45) is 1.54. The molecular weight excluding hydrogens is 316 g/mol. The van der Waals surface area contributed by atoms with Crippen LogP contribution < -0.4 is 0 Å². The highest BCUT2D eigenvalue weighted by Crippen LogP contribution is 2.31. The standard InChI is InChI=1S/C14H9ClN8/c15-13-7-10(14-17-20-21-18-14)3-6-12(13)9-1-4-11(5-2-9)23-8-16-19-22-23/h1-8H,(H,17,18,20,21). The minimum Gasteiger partial charge on any atom is -0.201 e. The molecule has 0 radical (unpaired) electrons. The molecule has 9 heteroatoms. The topological polar surface area (TPSA) is 98.1 Å². The maximum atomic E-state index is 6.40. The van der Waals surface area contributed by atoms with Gasteiger partial charge in [-0.1, -0.05) is 35.9 Å². The van der Waals surface area contributed by atoms with Crippen molar-refractivity contribution in [1.82, 2.24) is 40.8 Å². The van der Waals surface area contributed by atoms with Crippen molar-refractivity contribution in [3.8, 4) is 28.2 Å². The van der Waals surface area contributed by atoms with E-state index >= 15 is 0 Å². The first-order valence-corrected chi connectivity index (χ1v) is 7.06. The fourth-order valence-electron chi connectivity index (χ4n) is 2.25. The first-order valence-electron chi connectivity index (χ1n) is 6.68. The lowest BCUT2D eigenvalue weighted by molar-refractivity contribution is 0.789. The van der Waals surface area contributed by atoms with Crippen LogP contribution in [0.5, 0.6) is 0 Å². The molecule has 0 spiro atoms. The first-order chi connectivity index (χ1) is 11.3. The van der Waals surface area contributed by atoms with Gasteiger partial charge < -0.3 is 0 Å². The van der Waals surface area contributed by atoms with Crippen LogP contribution in [0.1, 0.15) is 0 Å². The highest BCUT2D eigenvalue weighted by Gasteiger charge is 2.09. The minimum atomic E-state index is 0.507. The Balaban J connectivity index is 1.68. The van der Waals surface area contributed by atoms with Gasteiger partial charge in [0.25, 0.3) is 0 Å². The van der Waals surface area contributed by atoms with Crippen LogP contribution in [-0.2, 0) is 0 Å². The molecule has 2 aromatic carbocycles. The van der Waals surface area contributed by atoms with E-state index in [2.05, 4.69) is 36.1 Å². The van der Waals surface area contributed by atoms with Crippen LogP contribution in [0.4, 0.5) is 0 Å². The van der Waals surface area contributed by atoms with Crippen LogP contribution in [0, 0.1) is 0 Å². The molecule has 0 aliphatic carbocycles. The molecule has 0 aliphatic rings. The molecule has 0 atom stereocenters. The molecule has 0 aliphatic heterocycles. The van der Waals surface area contributed by atoms with Crippen molar-refractivity contribution in [2.24, 2.45) is 0 Å². The van der Waals surface area contributed by atoms with E-state index in [1.54, 1.807) is 11.0 Å². The van der Waals surface area contributed by atoms with E-state index in [0.717, 1.165) is 22.4 Å². The van der Waals surface area contributed by atoms with Gasteiger partial charge in [-0.05, 0) is 39.4 Å². The SMILES string of the molecule is Clc1cc(-c2nn[nH]n2)ccc1-c1ccc(-n2cnnn2)cc1. The number of nitrogens with one attached hydrogen (secondary N) is 1. The summed E-state index contributed by atoms with van der Waals surface area (Å²) < 4.78 is 1.59. The van der Waals surface area contributed by atoms with Gasteiger partial charge in [0, 0.05) is 16.1 Å². The van der Waals surface area contributed by atoms with Gasteiger partial charge in [-0.2, -0.15) is 5.21 Å². The summed E-state index contributed by atoms with van der Waals surface area (Å²) in [5.41, 5.74) is 3.59. The molecule has 4 rings (SSSR count). The van der Waals surface area contributed by atoms with Gasteiger partial charge in [-0.25, -0.2) is 4.68 Å². The highest BCUT2D eigenvalue weighted by molar-refractivity contribution is 6.33. The molecule has 8 nitrogen and oxygen atoms in total. The Labute approximate surface area is 135 Å². The lowest BCUT2D eigenvalue weighted by atomic mass is 10.0. The van der Waals surface area contributed by atoms with Crippen molar-refractivity contribution < 1.29 is 0 Å². The summed E-state index contributed by atoms with van der Waals surface area (Å²) in [6.45, 7) is 0. The van der Waals surface area contributed by atoms with Crippen molar-refractivity contribution in [3.63, 3.8) is 0 Å². The molecule has 112 valence electrons. The lowest BCUT2D eigenvalue weighted by Crippen LogP contribution is -1.94. The van der Waals surface area contributed by atoms with E-state index in [1.165, 1.54) is 0 Å². The van der Waals surface area contributed by atoms with E-state index in [0.29, 0.717) is 10.8 Å². The minimum absolute atomic E-state index is 0.507. The van der Waals surface area contributed by atoms with Crippen LogP contribution in [0.2, 0.25) is 5.02 Å². The molecule has 1 N–H and O–H groups in total. The fraction of sp³-hybridized carbons (Fsp3) is 0. The lowest BCUT2D eigenvalue weighted by Gasteiger charge is -2.07. The summed E-state index contributed by atoms with van der Waals surface area (Å²) in [7, 11) is 0. The molecule has 2 aromatic heterocycles. The zero-order chi connectivity index (χ0) is 15.6. The Morgan fingerprint density at radius 3 is 2.48 bits per heavy atom. The molecule has 0 saturated carbocycles. The van der Waals surface area contributed by atoms with Gasteiger partial charge in [-0.3, -0.25) is 0 Å². The van der Waals surface area contributed by atoms with Gasteiger partial charge in [0.05, 0.1) is 5.69 Å². The van der Waals surface area contributed by atoms with E-state index < -0.39 is 0 Å². The third-order valence-electron chi connectivity index (χ3n) is 3.36. The smallest absolute Gasteiger partial charge is 0.201 e. The van der Waals surface area contributed by atoms with E-state index in [-0.39, 0.29) is 0 Å². The molecular formula is C14H9ClN8. The summed E-state index contributed by atoms with van der Waals surface area (Å²) in [6, 6.07) is 13.4. The van der Waals surface area contributed by atoms with Gasteiger partial charge in [0.2, 0.25) is 5.82 Å². The molecule has 0 saturated heterocycles. The molecule has 23 heavy (non-hydrogen) atoms. The summed E-state index contributed by atoms with van der Waals surface area (Å²) in [4.78, 5) is 0. The number of rotatable bonds is 3. The maximum Gasteiger partial charge on any atom is 0.204 e. The third kappa shape index (κ3) is 2.55. The number of nitrogens with zero attached hydrogens (tertiary/aromatic N) is 7. The summed E-state index contributed by atoms with van der Waals surface area (Å²) in [5.74, 6) is 0.507. The van der Waals surface area contributed by atoms with Gasteiger partial charge in [0.15, 0.2) is 0 Å². The van der Waals surface area contributed by atoms with Crippen LogP contribution in [-0.4, -0.2) is 40.8 Å². The van der Waals surface area contributed by atoms with Crippen LogP contribution in [0.3, 0.4) is 0 Å². The monoisotopic (exact) mass is 324 g/mol. The molecule has 0 bridgehead atoms. The first kappa shape index (κ1) is 13.5. The molecule has 0 unspecified atom stereocenters. The zero-order valence-corrected chi connectivity index (χ0v) is 12.4. The Bertz CT molecular complexity index is 916. The quantitative estimate of drug-likeness (QED) is 0.620. The largest absolute Gasteiger partial charge is 0.204 e. The third-order valence-corrected chi connectivity index (χ3v) is 3.68. The fourth-order valence-corrected chi connectivity index (χ4v) is 2.54. The molecule has 0 amide bonds. The summed E-state index contributed by atoms with van der Waals surface area (Å²) in [5, 5.41) is 25.6. The maximum absolute atomic E-state index is 6.40. The number of aromatic nitrogens is 8. The average molecular weight is 325 g/mol. The van der Waals surface area contributed by atoms with Crippen LogP contribution in [0.25, 0.3) is 28.2 Å². The number of H-pyrrole nitrogens is 1. The normalized spacial score (nSPS) is 10.8. The highest BCUT2D eigenvalue weighted by atomic mass is 35.5. The van der Waals surface area contributed by atoms with Crippen molar-refractivity contribution in [3.05, 3.63) is 53.8 Å². The molecule has 0 fully saturated rings. The second-order valence-electron chi connectivity index (χ2n) is 4.73. The van der Waals surface area contributed by atoms with Crippen molar-refractivity contribution in [1.29, 1.82) is 0 Å². The Hall–Kier alpha value is -3.13. The number of tetrazole rings is 2. The van der Waals surface area contributed by atoms with Gasteiger partial charge >= 0.3 is 0 Å². The van der Waals surface area contributed by atoms with Crippen LogP contribution >= 0.6 is 11.6 Å². The number of hydrogen-bond donors (Lipinski definition) is 1. The molecule has 2 heterocycles. The number of aromatic amines is 1. The Kier molecular flexibility index (Phi) is 3.28. The number of benzene rings is 2. The second-order valence-corrected chi connectivity index (χ2v) is 5.14. The van der Waals surface area contributed by atoms with Crippen LogP contribution in [0.15, 0.2) is 48.8 Å². The average Bonchev–Trinajstić information content (AvgIpc) is 3.29. The molecule has 4 aromatic rings. The number of halogens is 1. The van der Waals surface area contributed by atoms with Gasteiger partial charge in [0.1, 0.15) is 6.33 Å². The van der Waals surface area contributed by atoms with Crippen molar-refractivity contribution in [2.45, 2.75) is 0 Å². The zero-order valence-electron chi connectivity index (χ0n) is 11.6. The predicted octanol–water partition coefficient (Wildman–Crippen LogP) is 2.16. The second kappa shape index (κ2) is 5.58. The van der Waals surface area contributed by atoms with Gasteiger partial charge in [-0.15, -0.1) is 15.3 Å². The van der Waals surface area contributed by atoms with E-state index in [9.17, 15) is 0 Å². The van der Waals surface area contributed by atoms with E-state index in [1.807, 2.05) is 42.5 Å². The predicted molar refractivity (Wildman–Crippen MR) is 82.8 cm³/mol. The van der Waals surface area contributed by atoms with Crippen molar-refractivity contribution in [2.75, 3.05) is 0 Å². The van der Waals surface area contributed by atoms with E-state index in [4.69, 9.17) is 11.6 Å². The summed E-state index contributed by atoms with van der Waals surface area (Å²) >= 11 is 6.40. The van der Waals surface area contributed by atoms with Crippen molar-refractivity contribution >= 4 is 11.6 Å². The Morgan fingerprint density at radius 2 is 1.83 bits per heavy atom. The number of hydrogen-bond acceptors (Lipinski definition) is 6.